The lowest BCUT2D eigenvalue weighted by atomic mass is 9.71. The number of aromatic nitrogens is 5. The monoisotopic (exact) mass is 841 g/mol. The number of allylic oxidation sites excluding steroid dienone is 1. The Morgan fingerprint density at radius 2 is 1.02 bits per heavy atom. The second-order valence-corrected chi connectivity index (χ2v) is 19.5. The van der Waals surface area contributed by atoms with E-state index in [9.17, 15) is 0 Å². The normalized spacial score (nSPS) is 17.2. The van der Waals surface area contributed by atoms with Crippen LogP contribution < -0.4 is 0 Å². The van der Waals surface area contributed by atoms with Crippen LogP contribution in [0.3, 0.4) is 0 Å². The van der Waals surface area contributed by atoms with Crippen LogP contribution in [0.2, 0.25) is 0 Å². The molecule has 12 rings (SSSR count). The second kappa shape index (κ2) is 14.6. The maximum Gasteiger partial charge on any atom is 0.238 e. The fourth-order valence-electron chi connectivity index (χ4n) is 11.2. The number of hydrogen-bond acceptors (Lipinski definition) is 3. The molecule has 2 unspecified atom stereocenters. The van der Waals surface area contributed by atoms with Gasteiger partial charge in [0.05, 0.1) is 16.6 Å². The van der Waals surface area contributed by atoms with Gasteiger partial charge in [0.25, 0.3) is 0 Å². The summed E-state index contributed by atoms with van der Waals surface area (Å²) < 4.78 is 4.76. The molecule has 0 N–H and O–H groups in total. The first kappa shape index (κ1) is 39.2. The zero-order chi connectivity index (χ0) is 44.2. The molecule has 0 saturated heterocycles. The molecular weight excluding hydrogens is 791 g/mol. The zero-order valence-electron chi connectivity index (χ0n) is 37.8. The van der Waals surface area contributed by atoms with E-state index in [1.165, 1.54) is 50.0 Å². The van der Waals surface area contributed by atoms with E-state index < -0.39 is 0 Å². The van der Waals surface area contributed by atoms with Gasteiger partial charge < -0.3 is 4.57 Å². The number of hydrogen-bond donors (Lipinski definition) is 0. The quantitative estimate of drug-likeness (QED) is 0.168. The molecule has 0 aliphatic heterocycles. The zero-order valence-corrected chi connectivity index (χ0v) is 37.8. The average molecular weight is 842 g/mol. The van der Waals surface area contributed by atoms with Crippen LogP contribution in [-0.4, -0.2) is 24.1 Å². The van der Waals surface area contributed by atoms with Crippen molar-refractivity contribution in [3.8, 4) is 56.7 Å². The largest absolute Gasteiger partial charge is 0.308 e. The van der Waals surface area contributed by atoms with Gasteiger partial charge in [0.15, 0.2) is 11.6 Å². The molecule has 0 spiro atoms. The standard InChI is InChI=1S/C60H51N5/c1-37-21-34-53-49(35-37)48-32-31-47-46-19-13-14-20-52(46)65(58-62-56(42-15-9-7-10-16-42)61-57(63-58)43-17-11-8-12-18-43)55(47)54(48)64(53)45-29-26-40(27-30-45)39-22-24-41(25-23-39)44-28-33-50-51(36-44)60(5,6)38(2)59(50,3)4/h7-34,36-38H,35H2,1-6H3. The topological polar surface area (TPSA) is 48.5 Å². The van der Waals surface area contributed by atoms with Crippen LogP contribution >= 0.6 is 0 Å². The van der Waals surface area contributed by atoms with E-state index in [2.05, 4.69) is 190 Å². The highest BCUT2D eigenvalue weighted by Gasteiger charge is 2.48. The lowest BCUT2D eigenvalue weighted by Crippen LogP contribution is -2.30. The highest BCUT2D eigenvalue weighted by atomic mass is 15.2. The minimum atomic E-state index is 0.127. The Hall–Kier alpha value is -7.37. The Morgan fingerprint density at radius 3 is 1.68 bits per heavy atom. The van der Waals surface area contributed by atoms with Crippen molar-refractivity contribution in [1.29, 1.82) is 0 Å². The molecule has 3 heterocycles. The molecule has 10 aromatic rings. The summed E-state index contributed by atoms with van der Waals surface area (Å²) >= 11 is 0. The molecule has 0 saturated carbocycles. The molecule has 0 bridgehead atoms. The lowest BCUT2D eigenvalue weighted by molar-refractivity contribution is 0.264. The Morgan fingerprint density at radius 1 is 0.477 bits per heavy atom. The molecule has 0 radical (unpaired) electrons. The molecule has 2 aliphatic rings. The number of nitrogens with zero attached hydrogens (tertiary/aromatic N) is 5. The minimum Gasteiger partial charge on any atom is -0.308 e. The molecule has 65 heavy (non-hydrogen) atoms. The predicted octanol–water partition coefficient (Wildman–Crippen LogP) is 15.0. The van der Waals surface area contributed by atoms with E-state index >= 15 is 0 Å². The van der Waals surface area contributed by atoms with Gasteiger partial charge in [-0.2, -0.15) is 9.97 Å². The van der Waals surface area contributed by atoms with Crippen molar-refractivity contribution in [2.24, 2.45) is 11.8 Å². The fourth-order valence-corrected chi connectivity index (χ4v) is 11.2. The van der Waals surface area contributed by atoms with Crippen molar-refractivity contribution >= 4 is 38.8 Å². The third-order valence-electron chi connectivity index (χ3n) is 15.2. The van der Waals surface area contributed by atoms with Crippen LogP contribution in [0.5, 0.6) is 0 Å². The van der Waals surface area contributed by atoms with Gasteiger partial charge in [0.2, 0.25) is 5.95 Å². The summed E-state index contributed by atoms with van der Waals surface area (Å²) in [5.74, 6) is 2.85. The number of para-hydroxylation sites is 1. The highest BCUT2D eigenvalue weighted by Crippen LogP contribution is 2.54. The number of benzene rings is 7. The number of rotatable bonds is 6. The van der Waals surface area contributed by atoms with Gasteiger partial charge >= 0.3 is 0 Å². The first-order valence-corrected chi connectivity index (χ1v) is 23.1. The van der Waals surface area contributed by atoms with Gasteiger partial charge in [-0.05, 0) is 92.3 Å². The molecular formula is C60H51N5. The van der Waals surface area contributed by atoms with E-state index in [4.69, 9.17) is 15.0 Å². The summed E-state index contributed by atoms with van der Waals surface area (Å²) in [4.78, 5) is 15.6. The van der Waals surface area contributed by atoms with Crippen LogP contribution in [0.25, 0.3) is 95.5 Å². The van der Waals surface area contributed by atoms with E-state index in [1.54, 1.807) is 0 Å². The molecule has 3 aromatic heterocycles. The van der Waals surface area contributed by atoms with Crippen molar-refractivity contribution in [3.63, 3.8) is 0 Å². The van der Waals surface area contributed by atoms with Crippen molar-refractivity contribution in [3.05, 3.63) is 192 Å². The van der Waals surface area contributed by atoms with Crippen LogP contribution in [-0.2, 0) is 17.3 Å². The van der Waals surface area contributed by atoms with Crippen LogP contribution in [0, 0.1) is 11.8 Å². The molecule has 5 nitrogen and oxygen atoms in total. The third kappa shape index (κ3) is 6.09. The maximum absolute atomic E-state index is 5.29. The summed E-state index contributed by atoms with van der Waals surface area (Å²) in [6.45, 7) is 14.3. The molecule has 0 fully saturated rings. The number of fused-ring (bicyclic) bond motifs is 8. The van der Waals surface area contributed by atoms with Crippen molar-refractivity contribution < 1.29 is 0 Å². The van der Waals surface area contributed by atoms with Gasteiger partial charge in [-0.15, -0.1) is 0 Å². The Balaban J connectivity index is 1.02. The van der Waals surface area contributed by atoms with Crippen molar-refractivity contribution in [2.75, 3.05) is 0 Å². The van der Waals surface area contributed by atoms with Gasteiger partial charge in [-0.3, -0.25) is 4.57 Å². The van der Waals surface area contributed by atoms with E-state index in [1.807, 2.05) is 36.4 Å². The fraction of sp³-hybridized carbons (Fsp3) is 0.183. The Bertz CT molecular complexity index is 3460. The van der Waals surface area contributed by atoms with E-state index in [-0.39, 0.29) is 10.8 Å². The first-order valence-electron chi connectivity index (χ1n) is 23.1. The summed E-state index contributed by atoms with van der Waals surface area (Å²) in [5.41, 5.74) is 17.0. The molecule has 0 amide bonds. The summed E-state index contributed by atoms with van der Waals surface area (Å²) in [6, 6.07) is 59.1. The molecule has 316 valence electrons. The SMILES string of the molecule is CC1C=Cc2c(c3ccc4c5ccccc5n(-c5nc(-c6ccccc6)nc(-c6ccccc6)n5)c4c3n2-c2ccc(-c3ccc(-c4ccc5c(c4)C(C)(C)C(C)C5(C)C)cc3)cc2)C1. The maximum atomic E-state index is 5.29. The lowest BCUT2D eigenvalue weighted by Gasteiger charge is -2.32. The second-order valence-electron chi connectivity index (χ2n) is 19.5. The summed E-state index contributed by atoms with van der Waals surface area (Å²) in [5, 5.41) is 3.56. The van der Waals surface area contributed by atoms with Crippen LogP contribution in [0.15, 0.2) is 170 Å². The van der Waals surface area contributed by atoms with Crippen molar-refractivity contribution in [1.82, 2.24) is 24.1 Å². The summed E-state index contributed by atoms with van der Waals surface area (Å²) in [7, 11) is 0. The minimum absolute atomic E-state index is 0.127. The van der Waals surface area contributed by atoms with Crippen LogP contribution in [0.1, 0.15) is 63.9 Å². The van der Waals surface area contributed by atoms with Gasteiger partial charge in [-0.1, -0.05) is 193 Å². The van der Waals surface area contributed by atoms with Gasteiger partial charge in [0.1, 0.15) is 0 Å². The smallest absolute Gasteiger partial charge is 0.238 e. The van der Waals surface area contributed by atoms with Gasteiger partial charge in [-0.25, -0.2) is 4.98 Å². The van der Waals surface area contributed by atoms with Crippen LogP contribution in [0.4, 0.5) is 0 Å². The van der Waals surface area contributed by atoms with Crippen molar-refractivity contribution in [2.45, 2.75) is 58.8 Å². The summed E-state index contributed by atoms with van der Waals surface area (Å²) in [6.07, 6.45) is 5.65. The highest BCUT2D eigenvalue weighted by molar-refractivity contribution is 6.19. The molecule has 2 aliphatic carbocycles. The van der Waals surface area contributed by atoms with E-state index in [0.29, 0.717) is 29.4 Å². The predicted molar refractivity (Wildman–Crippen MR) is 270 cm³/mol. The molecule has 7 aromatic carbocycles. The average Bonchev–Trinajstić information content (AvgIpc) is 3.90. The van der Waals surface area contributed by atoms with Gasteiger partial charge in [0, 0.05) is 38.7 Å². The Kier molecular flexibility index (Phi) is 8.80. The molecule has 2 atom stereocenters. The first-order chi connectivity index (χ1) is 31.6. The Labute approximate surface area is 380 Å². The third-order valence-corrected chi connectivity index (χ3v) is 15.2. The molecule has 5 heteroatoms. The van der Waals surface area contributed by atoms with E-state index in [0.717, 1.165) is 50.6 Å².